The van der Waals surface area contributed by atoms with Crippen LogP contribution in [0.5, 0.6) is 0 Å². The Kier molecular flexibility index (Phi) is 9.76. The number of anilines is 3. The van der Waals surface area contributed by atoms with E-state index in [0.717, 1.165) is 11.4 Å². The molecule has 1 saturated carbocycles. The van der Waals surface area contributed by atoms with Crippen molar-refractivity contribution in [3.63, 3.8) is 0 Å². The molecule has 1 aromatic heterocycles. The zero-order valence-electron chi connectivity index (χ0n) is 37.4. The third-order valence-electron chi connectivity index (χ3n) is 14.9. The Morgan fingerprint density at radius 2 is 1.00 bits per heavy atom. The third-order valence-corrected chi connectivity index (χ3v) is 16.1. The van der Waals surface area contributed by atoms with Gasteiger partial charge in [-0.1, -0.05) is 195 Å². The molecule has 0 spiro atoms. The molecule has 0 bridgehead atoms. The van der Waals surface area contributed by atoms with Crippen LogP contribution < -0.4 is 4.90 Å². The molecular formula is C65H49NS. The number of hydrogen-bond acceptors (Lipinski definition) is 2. The molecule has 67 heavy (non-hydrogen) atoms. The zero-order chi connectivity index (χ0) is 44.3. The molecule has 0 aliphatic heterocycles. The Morgan fingerprint density at radius 3 is 1.70 bits per heavy atom. The fraction of sp³-hybridized carbons (Fsp3) is 0.108. The zero-order valence-corrected chi connectivity index (χ0v) is 38.2. The van der Waals surface area contributed by atoms with E-state index in [0.29, 0.717) is 5.92 Å². The predicted molar refractivity (Wildman–Crippen MR) is 286 cm³/mol. The summed E-state index contributed by atoms with van der Waals surface area (Å²) in [5, 5.41) is 5.06. The summed E-state index contributed by atoms with van der Waals surface area (Å²) in [6.07, 6.45) is 6.44. The highest BCUT2D eigenvalue weighted by Gasteiger charge is 2.47. The van der Waals surface area contributed by atoms with E-state index in [9.17, 15) is 0 Å². The molecule has 13 rings (SSSR count). The lowest BCUT2D eigenvalue weighted by atomic mass is 9.67. The Bertz CT molecular complexity index is 3560. The molecule has 0 radical (unpaired) electrons. The van der Waals surface area contributed by atoms with Gasteiger partial charge < -0.3 is 4.90 Å². The minimum Gasteiger partial charge on any atom is -0.310 e. The first-order chi connectivity index (χ1) is 33.2. The van der Waals surface area contributed by atoms with Gasteiger partial charge in [0.25, 0.3) is 0 Å². The number of nitrogens with zero attached hydrogens (tertiary/aromatic N) is 1. The molecule has 320 valence electrons. The summed E-state index contributed by atoms with van der Waals surface area (Å²) in [4.78, 5) is 2.54. The van der Waals surface area contributed by atoms with E-state index in [1.54, 1.807) is 0 Å². The van der Waals surface area contributed by atoms with Crippen LogP contribution in [0.2, 0.25) is 0 Å². The van der Waals surface area contributed by atoms with Crippen LogP contribution in [0.25, 0.3) is 64.3 Å². The SMILES string of the molecule is c1ccc(-c2cc3ccccc3cc2-c2ccc(N(c3ccc4c(c3)C(c3ccccc3)(c3ccccc3)c3cccc(C5CCCCC5)c3-4)c3cccc4sc5ccccc5c34)cc2)cc1. The molecule has 0 unspecified atom stereocenters. The van der Waals surface area contributed by atoms with E-state index < -0.39 is 5.41 Å². The van der Waals surface area contributed by atoms with Crippen LogP contribution in [0.15, 0.2) is 231 Å². The summed E-state index contributed by atoms with van der Waals surface area (Å²) >= 11 is 1.88. The number of fused-ring (bicyclic) bond motifs is 7. The molecule has 2 aliphatic carbocycles. The average Bonchev–Trinajstić information content (AvgIpc) is 3.94. The predicted octanol–water partition coefficient (Wildman–Crippen LogP) is 18.4. The quantitative estimate of drug-likeness (QED) is 0.147. The highest BCUT2D eigenvalue weighted by Crippen LogP contribution is 2.60. The molecule has 0 N–H and O–H groups in total. The number of benzene rings is 10. The smallest absolute Gasteiger partial charge is 0.0714 e. The molecule has 2 aliphatic rings. The van der Waals surface area contributed by atoms with Crippen LogP contribution in [-0.4, -0.2) is 0 Å². The van der Waals surface area contributed by atoms with Gasteiger partial charge in [-0.25, -0.2) is 0 Å². The van der Waals surface area contributed by atoms with Crippen molar-refractivity contribution in [2.45, 2.75) is 43.4 Å². The molecule has 11 aromatic rings. The normalized spacial score (nSPS) is 14.3. The van der Waals surface area contributed by atoms with Gasteiger partial charge in [0.15, 0.2) is 0 Å². The Hall–Kier alpha value is -7.52. The van der Waals surface area contributed by atoms with Gasteiger partial charge in [0, 0.05) is 31.5 Å². The highest BCUT2D eigenvalue weighted by atomic mass is 32.1. The molecule has 1 nitrogen and oxygen atoms in total. The Balaban J connectivity index is 1.06. The van der Waals surface area contributed by atoms with Gasteiger partial charge in [-0.2, -0.15) is 0 Å². The highest BCUT2D eigenvalue weighted by molar-refractivity contribution is 7.26. The minimum absolute atomic E-state index is 0.519. The fourth-order valence-corrected chi connectivity index (χ4v) is 13.1. The van der Waals surface area contributed by atoms with Gasteiger partial charge in [0.1, 0.15) is 0 Å². The van der Waals surface area contributed by atoms with Crippen molar-refractivity contribution in [3.8, 4) is 33.4 Å². The Morgan fingerprint density at radius 1 is 0.418 bits per heavy atom. The number of rotatable bonds is 8. The molecule has 2 heteroatoms. The maximum Gasteiger partial charge on any atom is 0.0714 e. The maximum atomic E-state index is 2.55. The second kappa shape index (κ2) is 16.4. The topological polar surface area (TPSA) is 3.24 Å². The van der Waals surface area contributed by atoms with E-state index in [1.165, 1.54) is 130 Å². The lowest BCUT2D eigenvalue weighted by molar-refractivity contribution is 0.444. The van der Waals surface area contributed by atoms with Crippen LogP contribution in [-0.2, 0) is 5.41 Å². The van der Waals surface area contributed by atoms with Gasteiger partial charge in [-0.05, 0) is 145 Å². The van der Waals surface area contributed by atoms with E-state index in [4.69, 9.17) is 0 Å². The first-order valence-corrected chi connectivity index (χ1v) is 24.8. The summed E-state index contributed by atoms with van der Waals surface area (Å²) in [5.41, 5.74) is 17.5. The summed E-state index contributed by atoms with van der Waals surface area (Å²) in [6.45, 7) is 0. The minimum atomic E-state index is -0.519. The third kappa shape index (κ3) is 6.49. The summed E-state index contributed by atoms with van der Waals surface area (Å²) in [5.74, 6) is 0.558. The van der Waals surface area contributed by atoms with Gasteiger partial charge in [0.2, 0.25) is 0 Å². The standard InChI is InChI=1S/C65H49NS/c1-5-19-44(20-6-1)53-30-17-31-58-63(53)54-40-39-52(43-59(54)65(58,49-25-9-3-10-26-49)50-27-11-4-12-28-50)66(60-32-18-34-62-64(60)55-29-15-16-33-61(55)67-62)51-37-35-46(36-38-51)57-42-48-24-14-13-23-47(48)41-56(57)45-21-7-2-8-22-45/h2-4,7-18,21-44H,1,5-6,19-20H2. The van der Waals surface area contributed by atoms with Crippen molar-refractivity contribution in [3.05, 3.63) is 258 Å². The summed E-state index contributed by atoms with van der Waals surface area (Å²) in [7, 11) is 0. The van der Waals surface area contributed by atoms with E-state index in [1.807, 2.05) is 11.3 Å². The van der Waals surface area contributed by atoms with Crippen LogP contribution >= 0.6 is 11.3 Å². The van der Waals surface area contributed by atoms with Gasteiger partial charge in [0.05, 0.1) is 11.1 Å². The molecule has 10 aromatic carbocycles. The molecular weight excluding hydrogens is 827 g/mol. The van der Waals surface area contributed by atoms with Crippen molar-refractivity contribution in [2.75, 3.05) is 4.90 Å². The lowest BCUT2D eigenvalue weighted by Gasteiger charge is -2.35. The first-order valence-electron chi connectivity index (χ1n) is 24.0. The summed E-state index contributed by atoms with van der Waals surface area (Å²) in [6, 6.07) is 86.7. The van der Waals surface area contributed by atoms with E-state index >= 15 is 0 Å². The van der Waals surface area contributed by atoms with Crippen molar-refractivity contribution < 1.29 is 0 Å². The van der Waals surface area contributed by atoms with Gasteiger partial charge in [-0.15, -0.1) is 11.3 Å². The lowest BCUT2D eigenvalue weighted by Crippen LogP contribution is -2.29. The van der Waals surface area contributed by atoms with Crippen molar-refractivity contribution in [1.82, 2.24) is 0 Å². The Labute approximate surface area is 397 Å². The van der Waals surface area contributed by atoms with Crippen LogP contribution in [0, 0.1) is 0 Å². The molecule has 0 amide bonds. The van der Waals surface area contributed by atoms with Crippen LogP contribution in [0.1, 0.15) is 65.8 Å². The molecule has 1 heterocycles. The van der Waals surface area contributed by atoms with Crippen LogP contribution in [0.3, 0.4) is 0 Å². The molecule has 0 saturated heterocycles. The first kappa shape index (κ1) is 39.8. The average molecular weight is 876 g/mol. The largest absolute Gasteiger partial charge is 0.310 e. The molecule has 0 atom stereocenters. The maximum absolute atomic E-state index is 2.55. The monoisotopic (exact) mass is 875 g/mol. The van der Waals surface area contributed by atoms with Crippen LogP contribution in [0.4, 0.5) is 17.1 Å². The van der Waals surface area contributed by atoms with Gasteiger partial charge >= 0.3 is 0 Å². The van der Waals surface area contributed by atoms with Crippen molar-refractivity contribution in [2.24, 2.45) is 0 Å². The van der Waals surface area contributed by atoms with E-state index in [-0.39, 0.29) is 0 Å². The second-order valence-electron chi connectivity index (χ2n) is 18.6. The number of thiophene rings is 1. The summed E-state index contributed by atoms with van der Waals surface area (Å²) < 4.78 is 2.59. The second-order valence-corrected chi connectivity index (χ2v) is 19.6. The van der Waals surface area contributed by atoms with Crippen molar-refractivity contribution >= 4 is 59.3 Å². The van der Waals surface area contributed by atoms with E-state index in [2.05, 4.69) is 235 Å². The fourth-order valence-electron chi connectivity index (χ4n) is 11.9. The molecule has 1 fully saturated rings. The van der Waals surface area contributed by atoms with Crippen molar-refractivity contribution in [1.29, 1.82) is 0 Å². The van der Waals surface area contributed by atoms with Gasteiger partial charge in [-0.3, -0.25) is 0 Å². The number of hydrogen-bond donors (Lipinski definition) is 0.